The second-order valence-electron chi connectivity index (χ2n) is 6.02. The molecule has 3 rings (SSSR count). The third-order valence-electron chi connectivity index (χ3n) is 4.29. The zero-order chi connectivity index (χ0) is 18.0. The van der Waals surface area contributed by atoms with Gasteiger partial charge < -0.3 is 9.64 Å². The van der Waals surface area contributed by atoms with E-state index in [-0.39, 0.29) is 12.1 Å². The van der Waals surface area contributed by atoms with Crippen LogP contribution in [0.25, 0.3) is 10.9 Å². The van der Waals surface area contributed by atoms with Gasteiger partial charge in [-0.3, -0.25) is 0 Å². The van der Waals surface area contributed by atoms with Gasteiger partial charge in [-0.05, 0) is 50.5 Å². The average Bonchev–Trinajstić information content (AvgIpc) is 2.60. The fraction of sp³-hybridized carbons (Fsp3) is 0.444. The van der Waals surface area contributed by atoms with Crippen LogP contribution in [0.4, 0.5) is 18.9 Å². The molecule has 1 fully saturated rings. The first-order valence-electron chi connectivity index (χ1n) is 8.34. The van der Waals surface area contributed by atoms with Crippen molar-refractivity contribution in [1.82, 2.24) is 4.98 Å². The Hall–Kier alpha value is -2.31. The predicted octanol–water partition coefficient (Wildman–Crippen LogP) is 4.42. The van der Waals surface area contributed by atoms with Crippen LogP contribution in [0.3, 0.4) is 0 Å². The van der Waals surface area contributed by atoms with Crippen LogP contribution in [-0.2, 0) is 10.9 Å². The quantitative estimate of drug-likeness (QED) is 0.767. The van der Waals surface area contributed by atoms with Crippen LogP contribution < -0.4 is 4.90 Å². The number of fused-ring (bicyclic) bond motifs is 1. The number of anilines is 1. The lowest BCUT2D eigenvalue weighted by atomic mass is 10.0. The second kappa shape index (κ2) is 6.90. The molecular weight excluding hydrogens is 333 g/mol. The summed E-state index contributed by atoms with van der Waals surface area (Å²) >= 11 is 0. The maximum absolute atomic E-state index is 13.2. The van der Waals surface area contributed by atoms with Gasteiger partial charge in [0.25, 0.3) is 0 Å². The lowest BCUT2D eigenvalue weighted by molar-refractivity contribution is -0.140. The monoisotopic (exact) mass is 352 g/mol. The number of alkyl halides is 3. The molecule has 2 heterocycles. The van der Waals surface area contributed by atoms with Crippen molar-refractivity contribution in [3.8, 4) is 0 Å². The molecule has 1 aliphatic heterocycles. The van der Waals surface area contributed by atoms with Crippen molar-refractivity contribution < 1.29 is 22.7 Å². The van der Waals surface area contributed by atoms with Gasteiger partial charge in [-0.25, -0.2) is 9.78 Å². The van der Waals surface area contributed by atoms with Crippen LogP contribution in [-0.4, -0.2) is 30.6 Å². The molecule has 0 radical (unpaired) electrons. The topological polar surface area (TPSA) is 42.4 Å². The summed E-state index contributed by atoms with van der Waals surface area (Å²) in [6.45, 7) is 3.33. The number of piperidine rings is 1. The molecule has 0 N–H and O–H groups in total. The molecule has 0 spiro atoms. The average molecular weight is 352 g/mol. The Kier molecular flexibility index (Phi) is 4.83. The number of carbonyl (C=O) groups is 1. The van der Waals surface area contributed by atoms with E-state index in [2.05, 4.69) is 4.98 Å². The molecule has 134 valence electrons. The molecule has 0 saturated carbocycles. The standard InChI is InChI=1S/C18H19F3N2O2/c1-2-25-17(24)12-6-7-14-13(10-12)15(23-8-4-3-5-9-23)11-16(22-14)18(19,20)21/h6-7,10-11H,2-5,8-9H2,1H3. The Morgan fingerprint density at radius 2 is 1.92 bits per heavy atom. The Morgan fingerprint density at radius 3 is 2.56 bits per heavy atom. The minimum Gasteiger partial charge on any atom is -0.462 e. The maximum Gasteiger partial charge on any atom is 0.433 e. The van der Waals surface area contributed by atoms with Gasteiger partial charge in [-0.15, -0.1) is 0 Å². The summed E-state index contributed by atoms with van der Waals surface area (Å²) < 4.78 is 44.6. The largest absolute Gasteiger partial charge is 0.462 e. The third-order valence-corrected chi connectivity index (χ3v) is 4.29. The van der Waals surface area contributed by atoms with Crippen LogP contribution in [0.15, 0.2) is 24.3 Å². The normalized spacial score (nSPS) is 15.4. The number of hydrogen-bond acceptors (Lipinski definition) is 4. The Morgan fingerprint density at radius 1 is 1.20 bits per heavy atom. The van der Waals surface area contributed by atoms with Crippen molar-refractivity contribution in [2.24, 2.45) is 0 Å². The second-order valence-corrected chi connectivity index (χ2v) is 6.02. The first-order chi connectivity index (χ1) is 11.9. The number of pyridine rings is 1. The van der Waals surface area contributed by atoms with Crippen LogP contribution in [0.5, 0.6) is 0 Å². The molecule has 0 atom stereocenters. The molecule has 0 bridgehead atoms. The minimum absolute atomic E-state index is 0.225. The number of carbonyl (C=O) groups excluding carboxylic acids is 1. The third kappa shape index (κ3) is 3.70. The van der Waals surface area contributed by atoms with Gasteiger partial charge in [0.05, 0.1) is 17.7 Å². The van der Waals surface area contributed by atoms with Crippen LogP contribution in [0.1, 0.15) is 42.2 Å². The zero-order valence-corrected chi connectivity index (χ0v) is 13.9. The van der Waals surface area contributed by atoms with Crippen molar-refractivity contribution in [3.05, 3.63) is 35.5 Å². The van der Waals surface area contributed by atoms with Crippen LogP contribution in [0.2, 0.25) is 0 Å². The number of hydrogen-bond donors (Lipinski definition) is 0. The number of rotatable bonds is 3. The van der Waals surface area contributed by atoms with Gasteiger partial charge in [-0.2, -0.15) is 13.2 Å². The van der Waals surface area contributed by atoms with E-state index in [1.54, 1.807) is 13.0 Å². The first kappa shape index (κ1) is 17.5. The molecular formula is C18H19F3N2O2. The van der Waals surface area contributed by atoms with Crippen molar-refractivity contribution in [2.45, 2.75) is 32.4 Å². The molecule has 2 aromatic rings. The number of halogens is 3. The van der Waals surface area contributed by atoms with Gasteiger partial charge in [0.1, 0.15) is 5.69 Å². The highest BCUT2D eigenvalue weighted by Crippen LogP contribution is 2.36. The molecule has 4 nitrogen and oxygen atoms in total. The van der Waals surface area contributed by atoms with Gasteiger partial charge >= 0.3 is 12.1 Å². The highest BCUT2D eigenvalue weighted by Gasteiger charge is 2.34. The molecule has 1 aromatic carbocycles. The predicted molar refractivity (Wildman–Crippen MR) is 88.8 cm³/mol. The van der Waals surface area contributed by atoms with Crippen LogP contribution >= 0.6 is 0 Å². The number of benzene rings is 1. The summed E-state index contributed by atoms with van der Waals surface area (Å²) in [4.78, 5) is 17.7. The first-order valence-corrected chi connectivity index (χ1v) is 8.34. The molecule has 0 unspecified atom stereocenters. The highest BCUT2D eigenvalue weighted by molar-refractivity contribution is 5.99. The molecule has 0 aliphatic carbocycles. The van der Waals surface area contributed by atoms with E-state index >= 15 is 0 Å². The van der Waals surface area contributed by atoms with E-state index < -0.39 is 17.8 Å². The van der Waals surface area contributed by atoms with E-state index in [1.165, 1.54) is 12.1 Å². The Labute approximate surface area is 143 Å². The Bertz CT molecular complexity index is 784. The molecule has 7 heteroatoms. The van der Waals surface area contributed by atoms with E-state index in [0.29, 0.717) is 29.7 Å². The number of ether oxygens (including phenoxy) is 1. The van der Waals surface area contributed by atoms with Crippen molar-refractivity contribution >= 4 is 22.6 Å². The van der Waals surface area contributed by atoms with Gasteiger partial charge in [0.2, 0.25) is 0 Å². The number of nitrogens with zero attached hydrogens (tertiary/aromatic N) is 2. The summed E-state index contributed by atoms with van der Waals surface area (Å²) in [5, 5.41) is 0.542. The molecule has 1 aliphatic rings. The summed E-state index contributed by atoms with van der Waals surface area (Å²) in [6, 6.07) is 5.56. The van der Waals surface area contributed by atoms with E-state index in [1.807, 2.05) is 4.90 Å². The van der Waals surface area contributed by atoms with Gasteiger partial charge in [0.15, 0.2) is 0 Å². The lowest BCUT2D eigenvalue weighted by Crippen LogP contribution is -2.30. The maximum atomic E-state index is 13.2. The van der Waals surface area contributed by atoms with E-state index in [0.717, 1.165) is 25.3 Å². The number of esters is 1. The smallest absolute Gasteiger partial charge is 0.433 e. The van der Waals surface area contributed by atoms with Crippen molar-refractivity contribution in [2.75, 3.05) is 24.6 Å². The summed E-state index contributed by atoms with van der Waals surface area (Å²) in [5.41, 5.74) is 0.102. The zero-order valence-electron chi connectivity index (χ0n) is 13.9. The van der Waals surface area contributed by atoms with Gasteiger partial charge in [-0.1, -0.05) is 0 Å². The molecule has 1 aromatic heterocycles. The summed E-state index contributed by atoms with van der Waals surface area (Å²) in [5.74, 6) is -0.492. The molecule has 1 saturated heterocycles. The van der Waals surface area contributed by atoms with E-state index in [9.17, 15) is 18.0 Å². The summed E-state index contributed by atoms with van der Waals surface area (Å²) in [6.07, 6.45) is -1.58. The van der Waals surface area contributed by atoms with Crippen molar-refractivity contribution in [1.29, 1.82) is 0 Å². The number of aromatic nitrogens is 1. The Balaban J connectivity index is 2.15. The van der Waals surface area contributed by atoms with Gasteiger partial charge in [0, 0.05) is 24.2 Å². The summed E-state index contributed by atoms with van der Waals surface area (Å²) in [7, 11) is 0. The highest BCUT2D eigenvalue weighted by atomic mass is 19.4. The molecule has 25 heavy (non-hydrogen) atoms. The SMILES string of the molecule is CCOC(=O)c1ccc2nc(C(F)(F)F)cc(N3CCCCC3)c2c1. The van der Waals surface area contributed by atoms with E-state index in [4.69, 9.17) is 4.74 Å². The fourth-order valence-corrected chi connectivity index (χ4v) is 3.09. The lowest BCUT2D eigenvalue weighted by Gasteiger charge is -2.30. The van der Waals surface area contributed by atoms with Crippen molar-refractivity contribution in [3.63, 3.8) is 0 Å². The minimum atomic E-state index is -4.52. The molecule has 0 amide bonds. The van der Waals surface area contributed by atoms with Crippen LogP contribution in [0, 0.1) is 0 Å². The fourth-order valence-electron chi connectivity index (χ4n) is 3.09.